The highest BCUT2D eigenvalue weighted by molar-refractivity contribution is 9.09. The first-order chi connectivity index (χ1) is 9.21. The summed E-state index contributed by atoms with van der Waals surface area (Å²) in [5.74, 6) is 1.30. The second-order valence-corrected chi connectivity index (χ2v) is 5.36. The Morgan fingerprint density at radius 3 is 2.53 bits per heavy atom. The van der Waals surface area contributed by atoms with E-state index >= 15 is 0 Å². The third kappa shape index (κ3) is 5.64. The minimum Gasteiger partial charge on any atom is -0.497 e. The molecule has 1 atom stereocenters. The van der Waals surface area contributed by atoms with Gasteiger partial charge in [-0.1, -0.05) is 29.3 Å². The van der Waals surface area contributed by atoms with E-state index in [1.807, 2.05) is 0 Å². The van der Waals surface area contributed by atoms with Gasteiger partial charge in [-0.25, -0.2) is 0 Å². The molecule has 1 aromatic rings. The van der Waals surface area contributed by atoms with Gasteiger partial charge in [0.25, 0.3) is 5.91 Å². The van der Waals surface area contributed by atoms with E-state index < -0.39 is 0 Å². The van der Waals surface area contributed by atoms with Crippen LogP contribution in [0.1, 0.15) is 36.5 Å². The van der Waals surface area contributed by atoms with Gasteiger partial charge in [0.05, 0.1) is 7.11 Å². The van der Waals surface area contributed by atoms with Gasteiger partial charge in [-0.05, 0) is 43.0 Å². The summed E-state index contributed by atoms with van der Waals surface area (Å²) < 4.78 is 5.07. The van der Waals surface area contributed by atoms with Crippen LogP contribution in [0.2, 0.25) is 0 Å². The molecule has 0 saturated carbocycles. The predicted molar refractivity (Wildman–Crippen MR) is 82.1 cm³/mol. The number of nitrogens with one attached hydrogen (secondary N) is 1. The van der Waals surface area contributed by atoms with E-state index in [4.69, 9.17) is 4.74 Å². The molecular formula is C15H22BrNO2. The minimum absolute atomic E-state index is 0.0154. The fraction of sp³-hybridized carbons (Fsp3) is 0.533. The normalized spacial score (nSPS) is 11.9. The summed E-state index contributed by atoms with van der Waals surface area (Å²) in [6, 6.07) is 7.18. The molecule has 19 heavy (non-hydrogen) atoms. The molecule has 0 aliphatic rings. The molecule has 0 radical (unpaired) electrons. The highest BCUT2D eigenvalue weighted by Crippen LogP contribution is 2.13. The standard InChI is InChI=1S/C15H22BrNO2/c1-3-4-12(9-10-16)11-17-15(18)13-5-7-14(19-2)8-6-13/h5-8,12H,3-4,9-11H2,1-2H3,(H,17,18). The maximum atomic E-state index is 12.0. The summed E-state index contributed by atoms with van der Waals surface area (Å²) in [4.78, 5) is 12.0. The van der Waals surface area contributed by atoms with Crippen molar-refractivity contribution in [3.05, 3.63) is 29.8 Å². The summed E-state index contributed by atoms with van der Waals surface area (Å²) in [7, 11) is 1.62. The Morgan fingerprint density at radius 2 is 2.00 bits per heavy atom. The lowest BCUT2D eigenvalue weighted by Gasteiger charge is -2.15. The van der Waals surface area contributed by atoms with E-state index in [-0.39, 0.29) is 5.91 Å². The quantitative estimate of drug-likeness (QED) is 0.740. The summed E-state index contributed by atoms with van der Waals surface area (Å²) in [5, 5.41) is 3.99. The summed E-state index contributed by atoms with van der Waals surface area (Å²) >= 11 is 3.46. The van der Waals surface area contributed by atoms with Crippen LogP contribution in [0.5, 0.6) is 5.75 Å². The predicted octanol–water partition coefficient (Wildman–Crippen LogP) is 3.63. The van der Waals surface area contributed by atoms with Gasteiger partial charge in [-0.2, -0.15) is 0 Å². The number of carbonyl (C=O) groups is 1. The van der Waals surface area contributed by atoms with Crippen molar-refractivity contribution in [3.63, 3.8) is 0 Å². The van der Waals surface area contributed by atoms with Gasteiger partial charge in [0.2, 0.25) is 0 Å². The van der Waals surface area contributed by atoms with Crippen molar-refractivity contribution < 1.29 is 9.53 Å². The maximum absolute atomic E-state index is 12.0. The molecule has 0 heterocycles. The molecule has 0 saturated heterocycles. The zero-order chi connectivity index (χ0) is 14.1. The Kier molecular flexibility index (Phi) is 7.56. The van der Waals surface area contributed by atoms with E-state index in [9.17, 15) is 4.79 Å². The molecular weight excluding hydrogens is 306 g/mol. The number of carbonyl (C=O) groups excluding carboxylic acids is 1. The van der Waals surface area contributed by atoms with Crippen LogP contribution < -0.4 is 10.1 Å². The van der Waals surface area contributed by atoms with Crippen LogP contribution in [-0.4, -0.2) is 24.9 Å². The number of amides is 1. The second-order valence-electron chi connectivity index (χ2n) is 4.57. The largest absolute Gasteiger partial charge is 0.497 e. The van der Waals surface area contributed by atoms with E-state index in [1.54, 1.807) is 31.4 Å². The van der Waals surface area contributed by atoms with Crippen molar-refractivity contribution in [1.82, 2.24) is 5.32 Å². The van der Waals surface area contributed by atoms with Crippen molar-refractivity contribution in [1.29, 1.82) is 0 Å². The van der Waals surface area contributed by atoms with Gasteiger partial charge in [-0.15, -0.1) is 0 Å². The SMILES string of the molecule is CCCC(CCBr)CNC(=O)c1ccc(OC)cc1. The van der Waals surface area contributed by atoms with E-state index in [0.29, 0.717) is 11.5 Å². The molecule has 3 nitrogen and oxygen atoms in total. The Balaban J connectivity index is 2.48. The second kappa shape index (κ2) is 8.97. The zero-order valence-electron chi connectivity index (χ0n) is 11.6. The fourth-order valence-electron chi connectivity index (χ4n) is 1.99. The van der Waals surface area contributed by atoms with Crippen molar-refractivity contribution in [2.75, 3.05) is 19.0 Å². The van der Waals surface area contributed by atoms with Crippen LogP contribution >= 0.6 is 15.9 Å². The molecule has 0 bridgehead atoms. The first-order valence-electron chi connectivity index (χ1n) is 6.69. The number of rotatable bonds is 8. The average molecular weight is 328 g/mol. The third-order valence-corrected chi connectivity index (χ3v) is 3.58. The highest BCUT2D eigenvalue weighted by Gasteiger charge is 2.10. The molecule has 0 aliphatic carbocycles. The van der Waals surface area contributed by atoms with Crippen LogP contribution in [0.4, 0.5) is 0 Å². The molecule has 1 unspecified atom stereocenters. The Bertz CT molecular complexity index is 372. The number of halogens is 1. The van der Waals surface area contributed by atoms with Crippen LogP contribution in [0.15, 0.2) is 24.3 Å². The molecule has 1 rings (SSSR count). The molecule has 4 heteroatoms. The van der Waals surface area contributed by atoms with Crippen molar-refractivity contribution in [2.45, 2.75) is 26.2 Å². The summed E-state index contributed by atoms with van der Waals surface area (Å²) in [5.41, 5.74) is 0.676. The Morgan fingerprint density at radius 1 is 1.32 bits per heavy atom. The van der Waals surface area contributed by atoms with Gasteiger partial charge in [0.1, 0.15) is 5.75 Å². The number of methoxy groups -OCH3 is 1. The molecule has 106 valence electrons. The van der Waals surface area contributed by atoms with Crippen LogP contribution in [-0.2, 0) is 0 Å². The van der Waals surface area contributed by atoms with Crippen LogP contribution in [0, 0.1) is 5.92 Å². The lowest BCUT2D eigenvalue weighted by molar-refractivity contribution is 0.0946. The van der Waals surface area contributed by atoms with Gasteiger partial charge in [0.15, 0.2) is 0 Å². The Labute approximate surface area is 123 Å². The minimum atomic E-state index is -0.0154. The number of hydrogen-bond acceptors (Lipinski definition) is 2. The Hall–Kier alpha value is -1.03. The van der Waals surface area contributed by atoms with Gasteiger partial charge in [-0.3, -0.25) is 4.79 Å². The average Bonchev–Trinajstić information content (AvgIpc) is 2.45. The fourth-order valence-corrected chi connectivity index (χ4v) is 2.64. The summed E-state index contributed by atoms with van der Waals surface area (Å²) in [6.07, 6.45) is 3.39. The molecule has 1 N–H and O–H groups in total. The third-order valence-electron chi connectivity index (χ3n) is 3.12. The summed E-state index contributed by atoms with van der Waals surface area (Å²) in [6.45, 7) is 2.91. The number of hydrogen-bond donors (Lipinski definition) is 1. The highest BCUT2D eigenvalue weighted by atomic mass is 79.9. The van der Waals surface area contributed by atoms with E-state index in [0.717, 1.165) is 36.9 Å². The first kappa shape index (κ1) is 16.0. The van der Waals surface area contributed by atoms with Crippen molar-refractivity contribution >= 4 is 21.8 Å². The number of ether oxygens (including phenoxy) is 1. The van der Waals surface area contributed by atoms with E-state index in [1.165, 1.54) is 0 Å². The van der Waals surface area contributed by atoms with Gasteiger partial charge < -0.3 is 10.1 Å². The molecule has 1 aromatic carbocycles. The van der Waals surface area contributed by atoms with Crippen LogP contribution in [0.3, 0.4) is 0 Å². The lowest BCUT2D eigenvalue weighted by atomic mass is 10.0. The molecule has 0 aliphatic heterocycles. The zero-order valence-corrected chi connectivity index (χ0v) is 13.2. The maximum Gasteiger partial charge on any atom is 0.251 e. The van der Waals surface area contributed by atoms with Crippen molar-refractivity contribution in [3.8, 4) is 5.75 Å². The smallest absolute Gasteiger partial charge is 0.251 e. The van der Waals surface area contributed by atoms with E-state index in [2.05, 4.69) is 28.2 Å². The molecule has 0 aromatic heterocycles. The molecule has 1 amide bonds. The monoisotopic (exact) mass is 327 g/mol. The molecule has 0 fully saturated rings. The van der Waals surface area contributed by atoms with Crippen molar-refractivity contribution in [2.24, 2.45) is 5.92 Å². The topological polar surface area (TPSA) is 38.3 Å². The van der Waals surface area contributed by atoms with Crippen LogP contribution in [0.25, 0.3) is 0 Å². The number of benzene rings is 1. The first-order valence-corrected chi connectivity index (χ1v) is 7.81. The number of alkyl halides is 1. The van der Waals surface area contributed by atoms with Gasteiger partial charge >= 0.3 is 0 Å². The molecule has 0 spiro atoms. The van der Waals surface area contributed by atoms with Gasteiger partial charge in [0, 0.05) is 17.4 Å². The lowest BCUT2D eigenvalue weighted by Crippen LogP contribution is -2.29.